The first-order chi connectivity index (χ1) is 10.3. The molecule has 4 nitrogen and oxygen atoms in total. The number of benzene rings is 1. The largest absolute Gasteiger partial charge is 0.310 e. The molecule has 0 aliphatic rings. The van der Waals surface area contributed by atoms with Crippen LogP contribution < -0.4 is 5.32 Å². The summed E-state index contributed by atoms with van der Waals surface area (Å²) >= 11 is 1.37. The third kappa shape index (κ3) is 4.34. The third-order valence-corrected chi connectivity index (χ3v) is 4.11. The van der Waals surface area contributed by atoms with Gasteiger partial charge in [0.05, 0.1) is 11.4 Å². The fourth-order valence-electron chi connectivity index (χ4n) is 1.81. The molecule has 0 atom stereocenters. The van der Waals surface area contributed by atoms with Gasteiger partial charge >= 0.3 is 0 Å². The topological polar surface area (TPSA) is 46.9 Å². The minimum Gasteiger partial charge on any atom is -0.310 e. The van der Waals surface area contributed by atoms with Gasteiger partial charge in [0, 0.05) is 23.4 Å². The first-order valence-corrected chi connectivity index (χ1v) is 7.97. The van der Waals surface area contributed by atoms with Crippen molar-refractivity contribution in [2.75, 3.05) is 11.1 Å². The molecule has 0 fully saturated rings. The molecule has 118 valence electrons. The second-order valence-corrected chi connectivity index (χ2v) is 7.13. The van der Waals surface area contributed by atoms with Crippen LogP contribution in [0.5, 0.6) is 0 Å². The van der Waals surface area contributed by atoms with Crippen LogP contribution >= 0.6 is 11.8 Å². The first-order valence-electron chi connectivity index (χ1n) is 6.98. The van der Waals surface area contributed by atoms with Gasteiger partial charge in [-0.25, -0.2) is 4.39 Å². The van der Waals surface area contributed by atoms with E-state index in [9.17, 15) is 9.18 Å². The Kier molecular flexibility index (Phi) is 4.90. The number of carbonyl (C=O) groups is 1. The number of thioether (sulfide) groups is 1. The third-order valence-electron chi connectivity index (χ3n) is 3.10. The van der Waals surface area contributed by atoms with E-state index in [-0.39, 0.29) is 22.9 Å². The summed E-state index contributed by atoms with van der Waals surface area (Å²) in [5.74, 6) is 0.549. The molecule has 1 N–H and O–H groups in total. The van der Waals surface area contributed by atoms with Gasteiger partial charge in [0.15, 0.2) is 0 Å². The van der Waals surface area contributed by atoms with E-state index in [2.05, 4.69) is 31.2 Å². The maximum atomic E-state index is 12.8. The van der Waals surface area contributed by atoms with Crippen LogP contribution in [0.4, 0.5) is 10.2 Å². The lowest BCUT2D eigenvalue weighted by Gasteiger charge is -2.13. The second-order valence-electron chi connectivity index (χ2n) is 6.08. The fourth-order valence-corrected chi connectivity index (χ4v) is 2.51. The van der Waals surface area contributed by atoms with Crippen molar-refractivity contribution in [1.82, 2.24) is 9.78 Å². The highest BCUT2D eigenvalue weighted by Gasteiger charge is 2.19. The molecular formula is C16H20FN3OS. The standard InChI is InChI=1S/C16H20FN3OS/c1-16(2,3)13-9-14(20(4)19-13)18-15(21)10-22-12-7-5-11(17)6-8-12/h5-9H,10H2,1-4H3,(H,18,21). The summed E-state index contributed by atoms with van der Waals surface area (Å²) in [7, 11) is 1.80. The molecule has 1 amide bonds. The van der Waals surface area contributed by atoms with Crippen LogP contribution in [0.2, 0.25) is 0 Å². The molecule has 1 aromatic carbocycles. The quantitative estimate of drug-likeness (QED) is 0.876. The molecule has 0 saturated heterocycles. The van der Waals surface area contributed by atoms with Crippen molar-refractivity contribution in [1.29, 1.82) is 0 Å². The van der Waals surface area contributed by atoms with Crippen LogP contribution in [0.15, 0.2) is 35.2 Å². The highest BCUT2D eigenvalue weighted by molar-refractivity contribution is 8.00. The van der Waals surface area contributed by atoms with E-state index in [1.165, 1.54) is 23.9 Å². The van der Waals surface area contributed by atoms with E-state index in [0.29, 0.717) is 5.82 Å². The molecule has 0 aliphatic carbocycles. The lowest BCUT2D eigenvalue weighted by molar-refractivity contribution is -0.113. The Labute approximate surface area is 134 Å². The van der Waals surface area contributed by atoms with Crippen LogP contribution in [0.1, 0.15) is 26.5 Å². The minimum atomic E-state index is -0.279. The van der Waals surface area contributed by atoms with Gasteiger partial charge in [-0.3, -0.25) is 9.48 Å². The van der Waals surface area contributed by atoms with Gasteiger partial charge < -0.3 is 5.32 Å². The lowest BCUT2D eigenvalue weighted by Crippen LogP contribution is -2.16. The molecule has 0 saturated carbocycles. The van der Waals surface area contributed by atoms with Gasteiger partial charge in [-0.1, -0.05) is 20.8 Å². The van der Waals surface area contributed by atoms with Crippen LogP contribution in [-0.4, -0.2) is 21.4 Å². The molecular weight excluding hydrogens is 301 g/mol. The number of anilines is 1. The lowest BCUT2D eigenvalue weighted by atomic mass is 9.92. The number of aryl methyl sites for hydroxylation is 1. The Balaban J connectivity index is 1.95. The van der Waals surface area contributed by atoms with Crippen LogP contribution in [0, 0.1) is 5.82 Å². The maximum absolute atomic E-state index is 12.8. The summed E-state index contributed by atoms with van der Waals surface area (Å²) in [6.45, 7) is 6.22. The SMILES string of the molecule is Cn1nc(C(C)(C)C)cc1NC(=O)CSc1ccc(F)cc1. The molecule has 0 unspecified atom stereocenters. The summed E-state index contributed by atoms with van der Waals surface area (Å²) in [6, 6.07) is 7.98. The van der Waals surface area contributed by atoms with E-state index in [4.69, 9.17) is 0 Å². The Morgan fingerprint density at radius 3 is 2.50 bits per heavy atom. The molecule has 2 aromatic rings. The normalized spacial score (nSPS) is 11.5. The maximum Gasteiger partial charge on any atom is 0.235 e. The highest BCUT2D eigenvalue weighted by atomic mass is 32.2. The molecule has 0 aliphatic heterocycles. The Morgan fingerprint density at radius 1 is 1.32 bits per heavy atom. The number of halogens is 1. The molecule has 0 bridgehead atoms. The van der Waals surface area contributed by atoms with E-state index in [0.717, 1.165) is 10.6 Å². The Bertz CT molecular complexity index is 659. The predicted octanol–water partition coefficient (Wildman–Crippen LogP) is 3.59. The first kappa shape index (κ1) is 16.5. The van der Waals surface area contributed by atoms with E-state index in [1.807, 2.05) is 6.07 Å². The zero-order chi connectivity index (χ0) is 16.3. The van der Waals surface area contributed by atoms with Crippen molar-refractivity contribution in [3.05, 3.63) is 41.8 Å². The van der Waals surface area contributed by atoms with Gasteiger partial charge in [-0.15, -0.1) is 11.8 Å². The van der Waals surface area contributed by atoms with Crippen LogP contribution in [0.3, 0.4) is 0 Å². The predicted molar refractivity (Wildman–Crippen MR) is 87.7 cm³/mol. The average molecular weight is 321 g/mol. The number of aromatic nitrogens is 2. The smallest absolute Gasteiger partial charge is 0.235 e. The Hall–Kier alpha value is -1.82. The number of amides is 1. The van der Waals surface area contributed by atoms with Crippen molar-refractivity contribution in [2.24, 2.45) is 7.05 Å². The summed E-state index contributed by atoms with van der Waals surface area (Å²) in [5.41, 5.74) is 0.861. The number of rotatable bonds is 4. The molecule has 1 heterocycles. The van der Waals surface area contributed by atoms with E-state index >= 15 is 0 Å². The zero-order valence-corrected chi connectivity index (χ0v) is 14.0. The average Bonchev–Trinajstić information content (AvgIpc) is 2.80. The fraction of sp³-hybridized carbons (Fsp3) is 0.375. The minimum absolute atomic E-state index is 0.0659. The van der Waals surface area contributed by atoms with E-state index < -0.39 is 0 Å². The summed E-state index contributed by atoms with van der Waals surface area (Å²) in [6.07, 6.45) is 0. The summed E-state index contributed by atoms with van der Waals surface area (Å²) < 4.78 is 14.5. The molecule has 0 radical (unpaired) electrons. The van der Waals surface area contributed by atoms with Crippen molar-refractivity contribution in [2.45, 2.75) is 31.1 Å². The highest BCUT2D eigenvalue weighted by Crippen LogP contribution is 2.24. The van der Waals surface area contributed by atoms with Crippen LogP contribution in [-0.2, 0) is 17.3 Å². The molecule has 22 heavy (non-hydrogen) atoms. The van der Waals surface area contributed by atoms with Crippen molar-refractivity contribution < 1.29 is 9.18 Å². The van der Waals surface area contributed by atoms with Gasteiger partial charge in [0.25, 0.3) is 0 Å². The van der Waals surface area contributed by atoms with Crippen molar-refractivity contribution in [3.63, 3.8) is 0 Å². The number of nitrogens with one attached hydrogen (secondary N) is 1. The number of nitrogens with zero attached hydrogens (tertiary/aromatic N) is 2. The van der Waals surface area contributed by atoms with Gasteiger partial charge in [-0.05, 0) is 24.3 Å². The molecule has 1 aromatic heterocycles. The second kappa shape index (κ2) is 6.52. The monoisotopic (exact) mass is 321 g/mol. The van der Waals surface area contributed by atoms with E-state index in [1.54, 1.807) is 23.9 Å². The number of hydrogen-bond donors (Lipinski definition) is 1. The molecule has 0 spiro atoms. The van der Waals surface area contributed by atoms with Crippen LogP contribution in [0.25, 0.3) is 0 Å². The van der Waals surface area contributed by atoms with Gasteiger partial charge in [0.1, 0.15) is 11.6 Å². The number of carbonyl (C=O) groups excluding carboxylic acids is 1. The zero-order valence-electron chi connectivity index (χ0n) is 13.2. The summed E-state index contributed by atoms with van der Waals surface area (Å²) in [5, 5.41) is 7.27. The number of hydrogen-bond acceptors (Lipinski definition) is 3. The van der Waals surface area contributed by atoms with Gasteiger partial charge in [0.2, 0.25) is 5.91 Å². The van der Waals surface area contributed by atoms with Crippen molar-refractivity contribution >= 4 is 23.5 Å². The molecule has 2 rings (SSSR count). The van der Waals surface area contributed by atoms with Crippen molar-refractivity contribution in [3.8, 4) is 0 Å². The molecule has 6 heteroatoms. The van der Waals surface area contributed by atoms with Gasteiger partial charge in [-0.2, -0.15) is 5.10 Å². The Morgan fingerprint density at radius 2 is 1.95 bits per heavy atom. The summed E-state index contributed by atoms with van der Waals surface area (Å²) in [4.78, 5) is 12.9.